The van der Waals surface area contributed by atoms with Crippen molar-refractivity contribution in [1.82, 2.24) is 15.3 Å². The number of nitrogens with zero attached hydrogens (tertiary/aromatic N) is 2. The van der Waals surface area contributed by atoms with Gasteiger partial charge >= 0.3 is 0 Å². The Morgan fingerprint density at radius 3 is 2.91 bits per heavy atom. The van der Waals surface area contributed by atoms with Crippen LogP contribution in [0.1, 0.15) is 15.9 Å². The second-order valence-corrected chi connectivity index (χ2v) is 5.70. The van der Waals surface area contributed by atoms with Gasteiger partial charge in [0.05, 0.1) is 17.4 Å². The molecule has 0 aliphatic heterocycles. The number of carbonyl (C=O) groups is 1. The topological polar surface area (TPSA) is 61.0 Å². The number of anilines is 1. The van der Waals surface area contributed by atoms with Crippen molar-refractivity contribution < 1.29 is 4.79 Å². The Balaban J connectivity index is 1.59. The summed E-state index contributed by atoms with van der Waals surface area (Å²) in [5, 5.41) is 2.97. The third-order valence-electron chi connectivity index (χ3n) is 3.81. The number of aromatic nitrogens is 2. The van der Waals surface area contributed by atoms with E-state index in [2.05, 4.69) is 21.4 Å². The number of amides is 1. The maximum Gasteiger partial charge on any atom is 0.251 e. The smallest absolute Gasteiger partial charge is 0.251 e. The molecule has 0 unspecified atom stereocenters. The maximum absolute atomic E-state index is 12.2. The fraction of sp³-hybridized carbons (Fsp3) is 0.222. The van der Waals surface area contributed by atoms with Gasteiger partial charge in [0.25, 0.3) is 5.91 Å². The molecule has 0 bridgehead atoms. The molecule has 0 saturated heterocycles. The van der Waals surface area contributed by atoms with Crippen molar-refractivity contribution in [3.05, 3.63) is 59.9 Å². The van der Waals surface area contributed by atoms with E-state index in [0.29, 0.717) is 12.1 Å². The van der Waals surface area contributed by atoms with Crippen LogP contribution >= 0.6 is 0 Å². The molecule has 0 radical (unpaired) electrons. The molecule has 2 aromatic carbocycles. The summed E-state index contributed by atoms with van der Waals surface area (Å²) in [7, 11) is 3.92. The van der Waals surface area contributed by atoms with Gasteiger partial charge in [0, 0.05) is 31.9 Å². The third-order valence-corrected chi connectivity index (χ3v) is 3.81. The summed E-state index contributed by atoms with van der Waals surface area (Å²) in [6, 6.07) is 13.7. The van der Waals surface area contributed by atoms with Crippen LogP contribution in [-0.4, -0.2) is 36.5 Å². The van der Waals surface area contributed by atoms with Crippen LogP contribution in [0.5, 0.6) is 0 Å². The van der Waals surface area contributed by atoms with Gasteiger partial charge in [-0.25, -0.2) is 4.98 Å². The number of H-pyrrole nitrogens is 1. The molecule has 3 aromatic rings. The number of nitrogens with one attached hydrogen (secondary N) is 2. The van der Waals surface area contributed by atoms with Gasteiger partial charge in [0.2, 0.25) is 0 Å². The van der Waals surface area contributed by atoms with Gasteiger partial charge in [0.1, 0.15) is 0 Å². The van der Waals surface area contributed by atoms with Crippen LogP contribution in [0.15, 0.2) is 48.8 Å². The molecule has 0 saturated carbocycles. The number of fused-ring (bicyclic) bond motifs is 1. The van der Waals surface area contributed by atoms with Crippen molar-refractivity contribution in [2.75, 3.05) is 25.5 Å². The Labute approximate surface area is 135 Å². The average Bonchev–Trinajstić information content (AvgIpc) is 3.02. The van der Waals surface area contributed by atoms with E-state index in [4.69, 9.17) is 0 Å². The zero-order valence-corrected chi connectivity index (χ0v) is 13.3. The molecule has 1 aromatic heterocycles. The van der Waals surface area contributed by atoms with Gasteiger partial charge in [-0.2, -0.15) is 0 Å². The average molecular weight is 308 g/mol. The summed E-state index contributed by atoms with van der Waals surface area (Å²) in [5.74, 6) is -0.0451. The van der Waals surface area contributed by atoms with E-state index in [0.717, 1.165) is 23.1 Å². The Morgan fingerprint density at radius 1 is 1.22 bits per heavy atom. The Hall–Kier alpha value is -2.82. The molecule has 0 aliphatic rings. The maximum atomic E-state index is 12.2. The zero-order chi connectivity index (χ0) is 16.2. The minimum Gasteiger partial charge on any atom is -0.378 e. The number of hydrogen-bond donors (Lipinski definition) is 2. The Bertz CT molecular complexity index is 823. The van der Waals surface area contributed by atoms with Crippen LogP contribution < -0.4 is 10.2 Å². The summed E-state index contributed by atoms with van der Waals surface area (Å²) in [6.45, 7) is 0.602. The predicted octanol–water partition coefficient (Wildman–Crippen LogP) is 2.60. The second kappa shape index (κ2) is 6.52. The van der Waals surface area contributed by atoms with Crippen LogP contribution in [0, 0.1) is 0 Å². The van der Waals surface area contributed by atoms with Crippen molar-refractivity contribution in [3.8, 4) is 0 Å². The third kappa shape index (κ3) is 3.51. The molecule has 1 amide bonds. The highest BCUT2D eigenvalue weighted by Gasteiger charge is 2.07. The van der Waals surface area contributed by atoms with Crippen LogP contribution in [-0.2, 0) is 6.42 Å². The highest BCUT2D eigenvalue weighted by atomic mass is 16.1. The monoisotopic (exact) mass is 308 g/mol. The minimum atomic E-state index is -0.0451. The van der Waals surface area contributed by atoms with Crippen LogP contribution in [0.3, 0.4) is 0 Å². The van der Waals surface area contributed by atoms with E-state index in [-0.39, 0.29) is 5.91 Å². The van der Waals surface area contributed by atoms with Gasteiger partial charge in [-0.3, -0.25) is 4.79 Å². The largest absolute Gasteiger partial charge is 0.378 e. The molecule has 1 heterocycles. The van der Waals surface area contributed by atoms with Gasteiger partial charge in [-0.05, 0) is 42.3 Å². The molecule has 0 aliphatic carbocycles. The first kappa shape index (κ1) is 15.1. The summed E-state index contributed by atoms with van der Waals surface area (Å²) in [4.78, 5) is 21.5. The van der Waals surface area contributed by atoms with Crippen LogP contribution in [0.25, 0.3) is 11.0 Å². The number of carbonyl (C=O) groups excluding carboxylic acids is 1. The van der Waals surface area contributed by atoms with E-state index >= 15 is 0 Å². The normalized spacial score (nSPS) is 10.7. The summed E-state index contributed by atoms with van der Waals surface area (Å²) in [5.41, 5.74) is 4.84. The summed E-state index contributed by atoms with van der Waals surface area (Å²) in [6.07, 6.45) is 2.47. The fourth-order valence-corrected chi connectivity index (χ4v) is 2.49. The van der Waals surface area contributed by atoms with Gasteiger partial charge in [0.15, 0.2) is 0 Å². The number of hydrogen-bond acceptors (Lipinski definition) is 3. The Morgan fingerprint density at radius 2 is 2.09 bits per heavy atom. The van der Waals surface area contributed by atoms with Crippen molar-refractivity contribution in [2.24, 2.45) is 0 Å². The second-order valence-electron chi connectivity index (χ2n) is 5.70. The molecule has 0 spiro atoms. The standard InChI is InChI=1S/C18H20N4O/c1-22(2)15-5-3-4-14(11-15)18(23)19-9-8-13-6-7-16-17(10-13)21-12-20-16/h3-7,10-12H,8-9H2,1-2H3,(H,19,23)(H,20,21). The van der Waals surface area contributed by atoms with Crippen molar-refractivity contribution in [3.63, 3.8) is 0 Å². The molecule has 0 fully saturated rings. The molecule has 23 heavy (non-hydrogen) atoms. The van der Waals surface area contributed by atoms with E-state index < -0.39 is 0 Å². The number of imidazole rings is 1. The first-order chi connectivity index (χ1) is 11.1. The zero-order valence-electron chi connectivity index (χ0n) is 13.3. The summed E-state index contributed by atoms with van der Waals surface area (Å²) < 4.78 is 0. The van der Waals surface area contributed by atoms with Crippen LogP contribution in [0.2, 0.25) is 0 Å². The lowest BCUT2D eigenvalue weighted by Crippen LogP contribution is -2.25. The van der Waals surface area contributed by atoms with Crippen molar-refractivity contribution in [2.45, 2.75) is 6.42 Å². The molecule has 2 N–H and O–H groups in total. The molecular formula is C18H20N4O. The van der Waals surface area contributed by atoms with Crippen molar-refractivity contribution >= 4 is 22.6 Å². The first-order valence-corrected chi connectivity index (χ1v) is 7.61. The van der Waals surface area contributed by atoms with Gasteiger partial charge in [-0.1, -0.05) is 12.1 Å². The highest BCUT2D eigenvalue weighted by molar-refractivity contribution is 5.95. The Kier molecular flexibility index (Phi) is 4.28. The lowest BCUT2D eigenvalue weighted by atomic mass is 10.1. The molecule has 5 heteroatoms. The lowest BCUT2D eigenvalue weighted by molar-refractivity contribution is 0.0954. The SMILES string of the molecule is CN(C)c1cccc(C(=O)NCCc2ccc3nc[nH]c3c2)c1. The first-order valence-electron chi connectivity index (χ1n) is 7.61. The van der Waals surface area contributed by atoms with Crippen molar-refractivity contribution in [1.29, 1.82) is 0 Å². The molecular weight excluding hydrogens is 288 g/mol. The minimum absolute atomic E-state index is 0.0451. The van der Waals surface area contributed by atoms with E-state index in [1.807, 2.05) is 55.4 Å². The predicted molar refractivity (Wildman–Crippen MR) is 92.9 cm³/mol. The van der Waals surface area contributed by atoms with E-state index in [9.17, 15) is 4.79 Å². The quantitative estimate of drug-likeness (QED) is 0.761. The van der Waals surface area contributed by atoms with Gasteiger partial charge < -0.3 is 15.2 Å². The van der Waals surface area contributed by atoms with E-state index in [1.165, 1.54) is 5.56 Å². The fourth-order valence-electron chi connectivity index (χ4n) is 2.49. The molecule has 118 valence electrons. The number of aromatic amines is 1. The molecule has 3 rings (SSSR count). The van der Waals surface area contributed by atoms with Gasteiger partial charge in [-0.15, -0.1) is 0 Å². The number of rotatable bonds is 5. The van der Waals surface area contributed by atoms with Crippen LogP contribution in [0.4, 0.5) is 5.69 Å². The van der Waals surface area contributed by atoms with E-state index in [1.54, 1.807) is 6.33 Å². The molecule has 5 nitrogen and oxygen atoms in total. The lowest BCUT2D eigenvalue weighted by Gasteiger charge is -2.13. The number of benzene rings is 2. The highest BCUT2D eigenvalue weighted by Crippen LogP contribution is 2.14. The summed E-state index contributed by atoms with van der Waals surface area (Å²) >= 11 is 0. The molecule has 0 atom stereocenters.